The molecule has 2 amide bonds. The average molecular weight is 460 g/mol. The zero-order valence-corrected chi connectivity index (χ0v) is 17.8. The summed E-state index contributed by atoms with van der Waals surface area (Å²) in [5.41, 5.74) is 5.19. The lowest BCUT2D eigenvalue weighted by Crippen LogP contribution is -2.41. The van der Waals surface area contributed by atoms with E-state index < -0.39 is 11.8 Å². The monoisotopic (exact) mass is 459 g/mol. The summed E-state index contributed by atoms with van der Waals surface area (Å²) in [6, 6.07) is 21.9. The number of amides is 2. The summed E-state index contributed by atoms with van der Waals surface area (Å²) in [5.74, 6) is -0.757. The van der Waals surface area contributed by atoms with Gasteiger partial charge in [0, 0.05) is 16.3 Å². The SMILES string of the molecule is COc1ccc(Br)cc1N1C(=O)[C@@H]2C3c4ccccc4C(c4ccccc43)[C@H]2C1=O. The molecule has 1 heterocycles. The van der Waals surface area contributed by atoms with Crippen LogP contribution >= 0.6 is 15.9 Å². The Morgan fingerprint density at radius 3 is 1.67 bits per heavy atom. The standard InChI is InChI=1S/C25H18BrNO3/c1-30-19-11-10-13(26)12-18(19)27-24(28)22-20-14-6-2-3-7-15(14)21(23(22)25(27)29)17-9-5-4-8-16(17)20/h2-12,20-23H,1H3/t20?,21?,22-,23-/m1/s1. The molecule has 0 radical (unpaired) electrons. The maximum absolute atomic E-state index is 13.8. The van der Waals surface area contributed by atoms with E-state index in [1.807, 2.05) is 30.3 Å². The number of imide groups is 1. The van der Waals surface area contributed by atoms with Gasteiger partial charge in [-0.2, -0.15) is 0 Å². The smallest absolute Gasteiger partial charge is 0.238 e. The van der Waals surface area contributed by atoms with Crippen LogP contribution in [-0.2, 0) is 9.59 Å². The van der Waals surface area contributed by atoms with Crippen LogP contribution in [0.4, 0.5) is 5.69 Å². The van der Waals surface area contributed by atoms with Crippen LogP contribution in [0, 0.1) is 11.8 Å². The number of ether oxygens (including phenoxy) is 1. The van der Waals surface area contributed by atoms with E-state index in [1.165, 1.54) is 27.2 Å². The van der Waals surface area contributed by atoms with Gasteiger partial charge in [-0.05, 0) is 40.5 Å². The summed E-state index contributed by atoms with van der Waals surface area (Å²) in [6.45, 7) is 0. The lowest BCUT2D eigenvalue weighted by molar-refractivity contribution is -0.122. The van der Waals surface area contributed by atoms with Crippen LogP contribution in [0.5, 0.6) is 5.75 Å². The second-order valence-corrected chi connectivity index (χ2v) is 9.01. The molecule has 3 aliphatic carbocycles. The molecule has 2 atom stereocenters. The van der Waals surface area contributed by atoms with Crippen molar-refractivity contribution in [2.45, 2.75) is 11.8 Å². The number of hydrogen-bond donors (Lipinski definition) is 0. The van der Waals surface area contributed by atoms with Gasteiger partial charge < -0.3 is 4.74 Å². The van der Waals surface area contributed by atoms with Gasteiger partial charge in [0.2, 0.25) is 11.8 Å². The van der Waals surface area contributed by atoms with Crippen molar-refractivity contribution in [3.8, 4) is 5.75 Å². The molecule has 148 valence electrons. The third-order valence-electron chi connectivity index (χ3n) is 6.83. The average Bonchev–Trinajstić information content (AvgIpc) is 3.04. The normalized spacial score (nSPS) is 25.7. The summed E-state index contributed by atoms with van der Waals surface area (Å²) in [5, 5.41) is 0. The number of methoxy groups -OCH3 is 1. The van der Waals surface area contributed by atoms with Crippen LogP contribution in [-0.4, -0.2) is 18.9 Å². The lowest BCUT2D eigenvalue weighted by atomic mass is 9.55. The van der Waals surface area contributed by atoms with Crippen molar-refractivity contribution in [1.82, 2.24) is 0 Å². The van der Waals surface area contributed by atoms with Crippen LogP contribution < -0.4 is 9.64 Å². The van der Waals surface area contributed by atoms with Crippen molar-refractivity contribution in [1.29, 1.82) is 0 Å². The Hall–Kier alpha value is -2.92. The van der Waals surface area contributed by atoms with Gasteiger partial charge in [0.1, 0.15) is 5.75 Å². The molecule has 1 fully saturated rings. The summed E-state index contributed by atoms with van der Waals surface area (Å²) in [7, 11) is 1.56. The van der Waals surface area contributed by atoms with Gasteiger partial charge >= 0.3 is 0 Å². The Morgan fingerprint density at radius 2 is 1.23 bits per heavy atom. The molecule has 0 aromatic heterocycles. The van der Waals surface area contributed by atoms with Gasteiger partial charge in [-0.3, -0.25) is 9.59 Å². The molecule has 0 saturated carbocycles. The Bertz CT molecular complexity index is 1120. The van der Waals surface area contributed by atoms with E-state index in [0.29, 0.717) is 11.4 Å². The Balaban J connectivity index is 1.57. The third kappa shape index (κ3) is 2.16. The molecule has 4 aliphatic rings. The maximum Gasteiger partial charge on any atom is 0.238 e. The number of hydrogen-bond acceptors (Lipinski definition) is 3. The Morgan fingerprint density at radius 1 is 0.767 bits per heavy atom. The zero-order valence-electron chi connectivity index (χ0n) is 16.2. The fourth-order valence-electron chi connectivity index (χ4n) is 5.75. The highest BCUT2D eigenvalue weighted by atomic mass is 79.9. The van der Waals surface area contributed by atoms with Gasteiger partial charge in [-0.15, -0.1) is 0 Å². The molecule has 0 unspecified atom stereocenters. The van der Waals surface area contributed by atoms with E-state index in [1.54, 1.807) is 19.2 Å². The van der Waals surface area contributed by atoms with E-state index in [2.05, 4.69) is 40.2 Å². The van der Waals surface area contributed by atoms with Crippen LogP contribution in [0.15, 0.2) is 71.2 Å². The second kappa shape index (κ2) is 6.29. The lowest BCUT2D eigenvalue weighted by Gasteiger charge is -2.45. The van der Waals surface area contributed by atoms with Crippen molar-refractivity contribution < 1.29 is 14.3 Å². The van der Waals surface area contributed by atoms with Crippen molar-refractivity contribution in [3.63, 3.8) is 0 Å². The minimum absolute atomic E-state index is 0.105. The quantitative estimate of drug-likeness (QED) is 0.514. The number of carbonyl (C=O) groups excluding carboxylic acids is 2. The number of nitrogens with zero attached hydrogens (tertiary/aromatic N) is 1. The second-order valence-electron chi connectivity index (χ2n) is 8.09. The molecule has 0 spiro atoms. The molecule has 30 heavy (non-hydrogen) atoms. The largest absolute Gasteiger partial charge is 0.495 e. The molecule has 2 bridgehead atoms. The highest BCUT2D eigenvalue weighted by molar-refractivity contribution is 9.10. The fraction of sp³-hybridized carbons (Fsp3) is 0.200. The van der Waals surface area contributed by atoms with E-state index in [-0.39, 0.29) is 23.7 Å². The van der Waals surface area contributed by atoms with Crippen molar-refractivity contribution >= 4 is 33.4 Å². The summed E-state index contributed by atoms with van der Waals surface area (Å²) < 4.78 is 6.28. The minimum Gasteiger partial charge on any atom is -0.495 e. The third-order valence-corrected chi connectivity index (χ3v) is 7.32. The predicted molar refractivity (Wildman–Crippen MR) is 117 cm³/mol. The minimum atomic E-state index is -0.393. The van der Waals surface area contributed by atoms with Crippen LogP contribution in [0.1, 0.15) is 34.1 Å². The number of rotatable bonds is 2. The van der Waals surface area contributed by atoms with Gasteiger partial charge in [-0.25, -0.2) is 4.90 Å². The number of benzene rings is 3. The molecular weight excluding hydrogens is 442 g/mol. The molecule has 1 aliphatic heterocycles. The van der Waals surface area contributed by atoms with Crippen molar-refractivity contribution in [2.24, 2.45) is 11.8 Å². The summed E-state index contributed by atoms with van der Waals surface area (Å²) >= 11 is 3.47. The van der Waals surface area contributed by atoms with E-state index in [9.17, 15) is 9.59 Å². The molecular formula is C25H18BrNO3. The molecule has 0 N–H and O–H groups in total. The first kappa shape index (κ1) is 17.9. The first-order valence-electron chi connectivity index (χ1n) is 10.0. The number of carbonyl (C=O) groups is 2. The fourth-order valence-corrected chi connectivity index (χ4v) is 6.10. The Labute approximate surface area is 182 Å². The van der Waals surface area contributed by atoms with Crippen molar-refractivity contribution in [3.05, 3.63) is 93.5 Å². The Kier molecular flexibility index (Phi) is 3.75. The highest BCUT2D eigenvalue weighted by Gasteiger charge is 2.62. The molecule has 5 heteroatoms. The van der Waals surface area contributed by atoms with Gasteiger partial charge in [0.05, 0.1) is 24.6 Å². The maximum atomic E-state index is 13.8. The molecule has 4 nitrogen and oxygen atoms in total. The van der Waals surface area contributed by atoms with Crippen LogP contribution in [0.2, 0.25) is 0 Å². The van der Waals surface area contributed by atoms with Gasteiger partial charge in [0.25, 0.3) is 0 Å². The number of anilines is 1. The summed E-state index contributed by atoms with van der Waals surface area (Å²) in [4.78, 5) is 28.9. The predicted octanol–water partition coefficient (Wildman–Crippen LogP) is 4.85. The first-order valence-corrected chi connectivity index (χ1v) is 10.8. The molecule has 3 aromatic rings. The van der Waals surface area contributed by atoms with E-state index >= 15 is 0 Å². The van der Waals surface area contributed by atoms with Gasteiger partial charge in [-0.1, -0.05) is 64.5 Å². The topological polar surface area (TPSA) is 46.6 Å². The molecule has 7 rings (SSSR count). The van der Waals surface area contributed by atoms with Crippen LogP contribution in [0.3, 0.4) is 0 Å². The van der Waals surface area contributed by atoms with Gasteiger partial charge in [0.15, 0.2) is 0 Å². The number of halogens is 1. The van der Waals surface area contributed by atoms with E-state index in [0.717, 1.165) is 4.47 Å². The van der Waals surface area contributed by atoms with Crippen molar-refractivity contribution in [2.75, 3.05) is 12.0 Å². The van der Waals surface area contributed by atoms with E-state index in [4.69, 9.17) is 4.74 Å². The zero-order chi connectivity index (χ0) is 20.6. The summed E-state index contributed by atoms with van der Waals surface area (Å²) in [6.07, 6.45) is 0. The highest BCUT2D eigenvalue weighted by Crippen LogP contribution is 2.61. The molecule has 1 saturated heterocycles. The van der Waals surface area contributed by atoms with Crippen LogP contribution in [0.25, 0.3) is 0 Å². The molecule has 3 aromatic carbocycles. The first-order chi connectivity index (χ1) is 14.6.